The van der Waals surface area contributed by atoms with Crippen LogP contribution >= 0.6 is 0 Å². The summed E-state index contributed by atoms with van der Waals surface area (Å²) in [4.78, 5) is 28.1. The molecule has 39 heavy (non-hydrogen) atoms. The quantitative estimate of drug-likeness (QED) is 0.366. The van der Waals surface area contributed by atoms with Gasteiger partial charge in [0.15, 0.2) is 0 Å². The SMILES string of the molecule is CCNC(=O)[C@H](C)N(Cc1ccccc1)C(=O)CN(c1cc(OC)ccc1OC)S(=O)(=O)c1ccc(C)cc1. The number of likely N-dealkylation sites (N-methyl/N-ethyl adjacent to an activating group) is 1. The number of aryl methyl sites for hydroxylation is 1. The number of carbonyl (C=O) groups is 2. The number of nitrogens with zero attached hydrogens (tertiary/aromatic N) is 2. The first kappa shape index (κ1) is 29.5. The summed E-state index contributed by atoms with van der Waals surface area (Å²) in [6, 6.07) is 19.5. The van der Waals surface area contributed by atoms with Gasteiger partial charge >= 0.3 is 0 Å². The predicted octanol–water partition coefficient (Wildman–Crippen LogP) is 3.76. The molecule has 0 aromatic heterocycles. The van der Waals surface area contributed by atoms with E-state index in [-0.39, 0.29) is 28.8 Å². The fourth-order valence-electron chi connectivity index (χ4n) is 4.03. The van der Waals surface area contributed by atoms with E-state index in [4.69, 9.17) is 9.47 Å². The van der Waals surface area contributed by atoms with Crippen LogP contribution in [0.15, 0.2) is 77.7 Å². The van der Waals surface area contributed by atoms with Crippen molar-refractivity contribution in [3.8, 4) is 11.5 Å². The lowest BCUT2D eigenvalue weighted by molar-refractivity contribution is -0.139. The topological polar surface area (TPSA) is 105 Å². The van der Waals surface area contributed by atoms with E-state index in [0.29, 0.717) is 12.3 Å². The summed E-state index contributed by atoms with van der Waals surface area (Å²) in [6.45, 7) is 5.20. The molecule has 0 heterocycles. The summed E-state index contributed by atoms with van der Waals surface area (Å²) in [6.07, 6.45) is 0. The van der Waals surface area contributed by atoms with Crippen LogP contribution in [0, 0.1) is 6.92 Å². The Hall–Kier alpha value is -4.05. The van der Waals surface area contributed by atoms with Crippen LogP contribution in [0.2, 0.25) is 0 Å². The van der Waals surface area contributed by atoms with Crippen molar-refractivity contribution in [2.45, 2.75) is 38.3 Å². The van der Waals surface area contributed by atoms with E-state index in [9.17, 15) is 18.0 Å². The average Bonchev–Trinajstić information content (AvgIpc) is 2.94. The molecular formula is C29H35N3O6S. The first-order valence-electron chi connectivity index (χ1n) is 12.5. The van der Waals surface area contributed by atoms with Gasteiger partial charge in [0.2, 0.25) is 11.8 Å². The summed E-state index contributed by atoms with van der Waals surface area (Å²) in [5.74, 6) is -0.267. The van der Waals surface area contributed by atoms with Gasteiger partial charge in [0.05, 0.1) is 24.8 Å². The minimum absolute atomic E-state index is 0.0113. The molecular weight excluding hydrogens is 518 g/mol. The molecule has 9 nitrogen and oxygen atoms in total. The number of amides is 2. The van der Waals surface area contributed by atoms with Crippen molar-refractivity contribution >= 4 is 27.5 Å². The highest BCUT2D eigenvalue weighted by atomic mass is 32.2. The van der Waals surface area contributed by atoms with Crippen molar-refractivity contribution in [3.63, 3.8) is 0 Å². The van der Waals surface area contributed by atoms with Gasteiger partial charge in [0.1, 0.15) is 24.1 Å². The monoisotopic (exact) mass is 553 g/mol. The van der Waals surface area contributed by atoms with Crippen LogP contribution in [0.1, 0.15) is 25.0 Å². The van der Waals surface area contributed by atoms with E-state index in [0.717, 1.165) is 15.4 Å². The molecule has 2 amide bonds. The molecule has 0 aliphatic heterocycles. The van der Waals surface area contributed by atoms with E-state index < -0.39 is 28.5 Å². The molecule has 1 atom stereocenters. The number of carbonyl (C=O) groups excluding carboxylic acids is 2. The van der Waals surface area contributed by atoms with E-state index in [1.54, 1.807) is 38.1 Å². The Morgan fingerprint density at radius 1 is 0.949 bits per heavy atom. The van der Waals surface area contributed by atoms with Gasteiger partial charge in [-0.1, -0.05) is 48.0 Å². The fraction of sp³-hybridized carbons (Fsp3) is 0.310. The maximum absolute atomic E-state index is 14.0. The number of hydrogen-bond acceptors (Lipinski definition) is 6. The molecule has 0 aliphatic carbocycles. The predicted molar refractivity (Wildman–Crippen MR) is 150 cm³/mol. The summed E-state index contributed by atoms with van der Waals surface area (Å²) in [7, 11) is -1.35. The molecule has 0 bridgehead atoms. The van der Waals surface area contributed by atoms with Gasteiger partial charge in [-0.25, -0.2) is 8.42 Å². The zero-order valence-electron chi connectivity index (χ0n) is 22.9. The average molecular weight is 554 g/mol. The van der Waals surface area contributed by atoms with Gasteiger partial charge in [-0.2, -0.15) is 0 Å². The van der Waals surface area contributed by atoms with E-state index in [1.807, 2.05) is 37.3 Å². The lowest BCUT2D eigenvalue weighted by atomic mass is 10.1. The van der Waals surface area contributed by atoms with Gasteiger partial charge in [-0.3, -0.25) is 13.9 Å². The van der Waals surface area contributed by atoms with Gasteiger partial charge in [-0.05, 0) is 50.6 Å². The Kier molecular flexibility index (Phi) is 9.95. The minimum Gasteiger partial charge on any atom is -0.497 e. The molecule has 3 rings (SSSR count). The number of anilines is 1. The maximum Gasteiger partial charge on any atom is 0.264 e. The third-order valence-electron chi connectivity index (χ3n) is 6.26. The molecule has 0 unspecified atom stereocenters. The Bertz CT molecular complexity index is 1380. The second-order valence-corrected chi connectivity index (χ2v) is 10.8. The number of benzene rings is 3. The number of sulfonamides is 1. The largest absolute Gasteiger partial charge is 0.497 e. The van der Waals surface area contributed by atoms with Crippen molar-refractivity contribution in [3.05, 3.63) is 83.9 Å². The molecule has 10 heteroatoms. The smallest absolute Gasteiger partial charge is 0.264 e. The number of rotatable bonds is 12. The van der Waals surface area contributed by atoms with Gasteiger partial charge in [-0.15, -0.1) is 0 Å². The minimum atomic E-state index is -4.24. The number of methoxy groups -OCH3 is 2. The fourth-order valence-corrected chi connectivity index (χ4v) is 5.44. The zero-order chi connectivity index (χ0) is 28.6. The standard InChI is InChI=1S/C29H35N3O6S/c1-6-30-29(34)22(3)31(19-23-10-8-7-9-11-23)28(33)20-32(26-18-24(37-4)14-17-27(26)38-5)39(35,36)25-15-12-21(2)13-16-25/h7-18,22H,6,19-20H2,1-5H3,(H,30,34)/t22-/m0/s1. The highest BCUT2D eigenvalue weighted by Gasteiger charge is 2.34. The molecule has 0 radical (unpaired) electrons. The summed E-state index contributed by atoms with van der Waals surface area (Å²) in [5, 5.41) is 2.74. The van der Waals surface area contributed by atoms with E-state index in [2.05, 4.69) is 5.32 Å². The van der Waals surface area contributed by atoms with Gasteiger partial charge in [0, 0.05) is 19.2 Å². The highest BCUT2D eigenvalue weighted by molar-refractivity contribution is 7.92. The van der Waals surface area contributed by atoms with Crippen molar-refractivity contribution < 1.29 is 27.5 Å². The van der Waals surface area contributed by atoms with Crippen LogP contribution in [-0.4, -0.2) is 58.5 Å². The molecule has 0 saturated carbocycles. The van der Waals surface area contributed by atoms with Gasteiger partial charge in [0.25, 0.3) is 10.0 Å². The van der Waals surface area contributed by atoms with E-state index >= 15 is 0 Å². The second-order valence-electron chi connectivity index (χ2n) is 8.94. The maximum atomic E-state index is 14.0. The Balaban J connectivity index is 2.11. The lowest BCUT2D eigenvalue weighted by Gasteiger charge is -2.32. The Morgan fingerprint density at radius 3 is 2.21 bits per heavy atom. The third-order valence-corrected chi connectivity index (χ3v) is 8.03. The highest BCUT2D eigenvalue weighted by Crippen LogP contribution is 2.36. The van der Waals surface area contributed by atoms with Crippen LogP contribution in [0.4, 0.5) is 5.69 Å². The number of hydrogen-bond donors (Lipinski definition) is 1. The van der Waals surface area contributed by atoms with Crippen molar-refractivity contribution in [1.29, 1.82) is 0 Å². The Labute approximate surface area is 230 Å². The first-order chi connectivity index (χ1) is 18.6. The van der Waals surface area contributed by atoms with Crippen LogP contribution in [0.3, 0.4) is 0 Å². The van der Waals surface area contributed by atoms with Crippen LogP contribution in [0.25, 0.3) is 0 Å². The molecule has 3 aromatic carbocycles. The molecule has 0 saturated heterocycles. The number of ether oxygens (including phenoxy) is 2. The lowest BCUT2D eigenvalue weighted by Crippen LogP contribution is -2.51. The van der Waals surface area contributed by atoms with Crippen LogP contribution in [0.5, 0.6) is 11.5 Å². The second kappa shape index (κ2) is 13.1. The van der Waals surface area contributed by atoms with Crippen molar-refractivity contribution in [1.82, 2.24) is 10.2 Å². The third kappa shape index (κ3) is 7.08. The molecule has 1 N–H and O–H groups in total. The molecule has 0 spiro atoms. The zero-order valence-corrected chi connectivity index (χ0v) is 23.7. The molecule has 0 aliphatic rings. The van der Waals surface area contributed by atoms with Crippen LogP contribution in [-0.2, 0) is 26.2 Å². The summed E-state index contributed by atoms with van der Waals surface area (Å²) in [5.41, 5.74) is 1.82. The van der Waals surface area contributed by atoms with Gasteiger partial charge < -0.3 is 19.7 Å². The summed E-state index contributed by atoms with van der Waals surface area (Å²) >= 11 is 0. The Morgan fingerprint density at radius 2 is 1.62 bits per heavy atom. The molecule has 0 fully saturated rings. The van der Waals surface area contributed by atoms with E-state index in [1.165, 1.54) is 37.3 Å². The molecule has 3 aromatic rings. The first-order valence-corrected chi connectivity index (χ1v) is 14.0. The van der Waals surface area contributed by atoms with Crippen LogP contribution < -0.4 is 19.1 Å². The number of nitrogens with one attached hydrogen (secondary N) is 1. The normalized spacial score (nSPS) is 11.8. The van der Waals surface area contributed by atoms with Crippen molar-refractivity contribution in [2.24, 2.45) is 0 Å². The molecule has 208 valence electrons. The van der Waals surface area contributed by atoms with Crippen molar-refractivity contribution in [2.75, 3.05) is 31.6 Å². The summed E-state index contributed by atoms with van der Waals surface area (Å²) < 4.78 is 39.9.